The number of alkyl halides is 2. The first-order valence-electron chi connectivity index (χ1n) is 8.33. The lowest BCUT2D eigenvalue weighted by Gasteiger charge is -2.10. The summed E-state index contributed by atoms with van der Waals surface area (Å²) in [5.74, 6) is -4.29. The molecular weight excluding hydrogens is 424 g/mol. The van der Waals surface area contributed by atoms with Crippen LogP contribution in [0.1, 0.15) is 33.5 Å². The van der Waals surface area contributed by atoms with E-state index in [1.807, 2.05) is 23.5 Å². The second kappa shape index (κ2) is 8.62. The normalized spacial score (nSPS) is 11.3. The SMILES string of the molecule is CC(F)(F)CCOC(=O)NC(=O)c1ccsc1NC(=O)c1nc2ccccc2s1. The number of halogens is 2. The van der Waals surface area contributed by atoms with E-state index in [2.05, 4.69) is 15.0 Å². The predicted molar refractivity (Wildman–Crippen MR) is 106 cm³/mol. The Morgan fingerprint density at radius 3 is 2.66 bits per heavy atom. The Hall–Kier alpha value is -2.92. The van der Waals surface area contributed by atoms with Gasteiger partial charge < -0.3 is 10.1 Å². The van der Waals surface area contributed by atoms with E-state index in [1.54, 1.807) is 11.4 Å². The average molecular weight is 439 g/mol. The Kier molecular flexibility index (Phi) is 6.18. The van der Waals surface area contributed by atoms with Gasteiger partial charge in [-0.05, 0) is 30.5 Å². The van der Waals surface area contributed by atoms with Gasteiger partial charge in [0.1, 0.15) is 5.00 Å². The van der Waals surface area contributed by atoms with Gasteiger partial charge in [-0.15, -0.1) is 22.7 Å². The number of thiophene rings is 1. The maximum absolute atomic E-state index is 12.7. The van der Waals surface area contributed by atoms with Crippen LogP contribution in [0.4, 0.5) is 18.6 Å². The largest absolute Gasteiger partial charge is 0.449 e. The summed E-state index contributed by atoms with van der Waals surface area (Å²) in [7, 11) is 0. The smallest absolute Gasteiger partial charge is 0.414 e. The standard InChI is InChI=1S/C18H15F2N3O4S2/c1-18(19,20)7-8-27-17(26)23-13(24)10-6-9-28-15(10)22-14(25)16-21-11-4-2-3-5-12(11)29-16/h2-6,9H,7-8H2,1H3,(H,22,25)(H,23,24,26). The van der Waals surface area contributed by atoms with Crippen molar-refractivity contribution in [2.45, 2.75) is 19.3 Å². The molecule has 152 valence electrons. The van der Waals surface area contributed by atoms with Crippen LogP contribution >= 0.6 is 22.7 Å². The molecule has 2 aromatic heterocycles. The highest BCUT2D eigenvalue weighted by atomic mass is 32.1. The van der Waals surface area contributed by atoms with Crippen molar-refractivity contribution in [2.24, 2.45) is 0 Å². The Bertz CT molecular complexity index is 1030. The number of alkyl carbamates (subject to hydrolysis) is 1. The van der Waals surface area contributed by atoms with E-state index in [-0.39, 0.29) is 15.6 Å². The maximum Gasteiger partial charge on any atom is 0.414 e. The lowest BCUT2D eigenvalue weighted by Crippen LogP contribution is -2.32. The lowest BCUT2D eigenvalue weighted by molar-refractivity contribution is -0.00489. The highest BCUT2D eigenvalue weighted by Crippen LogP contribution is 2.26. The molecule has 0 bridgehead atoms. The number of imide groups is 1. The van der Waals surface area contributed by atoms with Crippen molar-refractivity contribution in [3.63, 3.8) is 0 Å². The molecule has 0 unspecified atom stereocenters. The fraction of sp³-hybridized carbons (Fsp3) is 0.222. The Morgan fingerprint density at radius 2 is 1.93 bits per heavy atom. The summed E-state index contributed by atoms with van der Waals surface area (Å²) in [6.07, 6.45) is -1.80. The monoisotopic (exact) mass is 439 g/mol. The third-order valence-electron chi connectivity index (χ3n) is 3.61. The number of hydrogen-bond acceptors (Lipinski definition) is 7. The molecule has 3 aromatic rings. The van der Waals surface area contributed by atoms with Crippen LogP contribution in [-0.4, -0.2) is 35.4 Å². The van der Waals surface area contributed by atoms with Crippen molar-refractivity contribution in [2.75, 3.05) is 11.9 Å². The molecule has 0 radical (unpaired) electrons. The fourth-order valence-electron chi connectivity index (χ4n) is 2.23. The van der Waals surface area contributed by atoms with Crippen LogP contribution in [0.25, 0.3) is 10.2 Å². The minimum atomic E-state index is -2.98. The summed E-state index contributed by atoms with van der Waals surface area (Å²) in [5.41, 5.74) is 0.731. The zero-order chi connectivity index (χ0) is 21.0. The van der Waals surface area contributed by atoms with E-state index in [0.717, 1.165) is 16.0 Å². The van der Waals surface area contributed by atoms with E-state index in [1.165, 1.54) is 17.4 Å². The van der Waals surface area contributed by atoms with Gasteiger partial charge in [0.15, 0.2) is 5.01 Å². The number of hydrogen-bond donors (Lipinski definition) is 2. The molecule has 3 rings (SSSR count). The van der Waals surface area contributed by atoms with Gasteiger partial charge in [0.25, 0.3) is 11.8 Å². The number of ether oxygens (including phenoxy) is 1. The van der Waals surface area contributed by atoms with Crippen LogP contribution in [0.5, 0.6) is 0 Å². The minimum absolute atomic E-state index is 0.0437. The van der Waals surface area contributed by atoms with E-state index in [0.29, 0.717) is 12.4 Å². The molecule has 0 saturated heterocycles. The number of nitrogens with one attached hydrogen (secondary N) is 2. The summed E-state index contributed by atoms with van der Waals surface area (Å²) in [5, 5.41) is 6.55. The third kappa shape index (κ3) is 5.55. The van der Waals surface area contributed by atoms with Gasteiger partial charge in [0.05, 0.1) is 22.4 Å². The van der Waals surface area contributed by atoms with Crippen molar-refractivity contribution in [1.82, 2.24) is 10.3 Å². The number of para-hydroxylation sites is 1. The second-order valence-corrected chi connectivity index (χ2v) is 7.96. The molecule has 2 N–H and O–H groups in total. The van der Waals surface area contributed by atoms with Gasteiger partial charge in [-0.3, -0.25) is 14.9 Å². The molecule has 0 aliphatic carbocycles. The average Bonchev–Trinajstić information content (AvgIpc) is 3.26. The van der Waals surface area contributed by atoms with E-state index < -0.39 is 36.9 Å². The number of carbonyl (C=O) groups is 3. The number of aromatic nitrogens is 1. The van der Waals surface area contributed by atoms with E-state index >= 15 is 0 Å². The number of anilines is 1. The molecule has 0 aliphatic heterocycles. The molecule has 1 aromatic carbocycles. The van der Waals surface area contributed by atoms with Crippen LogP contribution in [0.2, 0.25) is 0 Å². The summed E-state index contributed by atoms with van der Waals surface area (Å²) < 4.78 is 30.9. The van der Waals surface area contributed by atoms with Crippen molar-refractivity contribution in [1.29, 1.82) is 0 Å². The minimum Gasteiger partial charge on any atom is -0.449 e. The van der Waals surface area contributed by atoms with Crippen LogP contribution in [0.3, 0.4) is 0 Å². The van der Waals surface area contributed by atoms with Crippen molar-refractivity contribution in [3.8, 4) is 0 Å². The highest BCUT2D eigenvalue weighted by Gasteiger charge is 2.23. The first-order valence-corrected chi connectivity index (χ1v) is 10.0. The molecule has 29 heavy (non-hydrogen) atoms. The van der Waals surface area contributed by atoms with E-state index in [4.69, 9.17) is 0 Å². The Labute approximate surface area is 171 Å². The quantitative estimate of drug-likeness (QED) is 0.589. The first-order chi connectivity index (χ1) is 13.7. The van der Waals surface area contributed by atoms with Gasteiger partial charge in [-0.2, -0.15) is 0 Å². The van der Waals surface area contributed by atoms with Crippen molar-refractivity contribution >= 4 is 55.8 Å². The molecule has 2 heterocycles. The number of rotatable bonds is 6. The molecule has 7 nitrogen and oxygen atoms in total. The Morgan fingerprint density at radius 1 is 1.17 bits per heavy atom. The molecular formula is C18H15F2N3O4S2. The zero-order valence-corrected chi connectivity index (χ0v) is 16.7. The third-order valence-corrected chi connectivity index (χ3v) is 5.48. The van der Waals surface area contributed by atoms with Crippen LogP contribution in [-0.2, 0) is 4.74 Å². The summed E-state index contributed by atoms with van der Waals surface area (Å²) >= 11 is 2.30. The molecule has 0 aliphatic rings. The summed E-state index contributed by atoms with van der Waals surface area (Å²) in [6, 6.07) is 8.69. The maximum atomic E-state index is 12.7. The first kappa shape index (κ1) is 20.8. The van der Waals surface area contributed by atoms with E-state index in [9.17, 15) is 23.2 Å². The molecule has 0 spiro atoms. The zero-order valence-electron chi connectivity index (χ0n) is 15.0. The van der Waals surface area contributed by atoms with Crippen LogP contribution in [0.15, 0.2) is 35.7 Å². The van der Waals surface area contributed by atoms with Gasteiger partial charge in [-0.25, -0.2) is 18.6 Å². The molecule has 11 heteroatoms. The second-order valence-electron chi connectivity index (χ2n) is 6.01. The number of fused-ring (bicyclic) bond motifs is 1. The number of thiazole rings is 1. The van der Waals surface area contributed by atoms with Gasteiger partial charge in [-0.1, -0.05) is 12.1 Å². The lowest BCUT2D eigenvalue weighted by atomic mass is 10.3. The number of amides is 3. The van der Waals surface area contributed by atoms with Gasteiger partial charge in [0, 0.05) is 6.42 Å². The van der Waals surface area contributed by atoms with Crippen molar-refractivity contribution in [3.05, 3.63) is 46.3 Å². The van der Waals surface area contributed by atoms with Crippen LogP contribution in [0, 0.1) is 0 Å². The molecule has 0 atom stereocenters. The molecule has 0 fully saturated rings. The summed E-state index contributed by atoms with van der Waals surface area (Å²) in [4.78, 5) is 40.5. The highest BCUT2D eigenvalue weighted by molar-refractivity contribution is 7.20. The molecule has 0 saturated carbocycles. The topological polar surface area (TPSA) is 97.4 Å². The number of benzene rings is 1. The number of carbonyl (C=O) groups excluding carboxylic acids is 3. The predicted octanol–water partition coefficient (Wildman–Crippen LogP) is 4.52. The van der Waals surface area contributed by atoms with Gasteiger partial charge >= 0.3 is 6.09 Å². The van der Waals surface area contributed by atoms with Gasteiger partial charge in [0.2, 0.25) is 5.92 Å². The Balaban J connectivity index is 1.61. The molecule has 3 amide bonds. The van der Waals surface area contributed by atoms with Crippen molar-refractivity contribution < 1.29 is 27.9 Å². The number of nitrogens with zero attached hydrogens (tertiary/aromatic N) is 1. The fourth-order valence-corrected chi connectivity index (χ4v) is 3.87. The van der Waals surface area contributed by atoms with Crippen LogP contribution < -0.4 is 10.6 Å². The summed E-state index contributed by atoms with van der Waals surface area (Å²) in [6.45, 7) is 0.165.